The second-order valence-electron chi connectivity index (χ2n) is 7.35. The normalized spacial score (nSPS) is 11.3. The number of nitrogens with two attached hydrogens (primary N) is 1. The third-order valence-electron chi connectivity index (χ3n) is 5.04. The van der Waals surface area contributed by atoms with Crippen molar-refractivity contribution in [3.05, 3.63) is 82.4 Å². The maximum atomic E-state index is 13.1. The monoisotopic (exact) mass is 414 g/mol. The van der Waals surface area contributed by atoms with Crippen LogP contribution in [0.1, 0.15) is 17.1 Å². The molecule has 154 valence electrons. The third kappa shape index (κ3) is 3.25. The number of hydrogen-bond acceptors (Lipinski definition) is 6. The summed E-state index contributed by atoms with van der Waals surface area (Å²) in [4.78, 5) is 20.8. The standard InChI is InChI=1S/C22H19N7O2/c1-13-10-16(11-14(2)24-13)18-19(15-6-4-3-5-7-15)25-21(23)29-20(18)26-28(22(29)30)12-17-8-9-31-27-17/h3-11H,12H2,1-2H3,(H2,23,25)/p+1. The third-order valence-corrected chi connectivity index (χ3v) is 5.04. The number of hydrogen-bond donors (Lipinski definition) is 1. The second kappa shape index (κ2) is 7.21. The smallest absolute Gasteiger partial charge is 0.364 e. The van der Waals surface area contributed by atoms with Gasteiger partial charge in [0.2, 0.25) is 5.65 Å². The molecular weight excluding hydrogens is 394 g/mol. The lowest BCUT2D eigenvalue weighted by Crippen LogP contribution is -2.28. The molecule has 1 aromatic carbocycles. The van der Waals surface area contributed by atoms with E-state index in [-0.39, 0.29) is 18.2 Å². The Bertz CT molecular complexity index is 1430. The van der Waals surface area contributed by atoms with Crippen LogP contribution in [0.2, 0.25) is 0 Å². The first kappa shape index (κ1) is 18.7. The highest BCUT2D eigenvalue weighted by Crippen LogP contribution is 2.32. The van der Waals surface area contributed by atoms with Crippen molar-refractivity contribution in [1.82, 2.24) is 24.3 Å². The second-order valence-corrected chi connectivity index (χ2v) is 7.35. The Balaban J connectivity index is 1.85. The number of anilines is 1. The molecule has 4 heterocycles. The molecule has 0 bridgehead atoms. The Hall–Kier alpha value is -4.27. The summed E-state index contributed by atoms with van der Waals surface area (Å²) in [5, 5.41) is 8.52. The summed E-state index contributed by atoms with van der Waals surface area (Å²) in [6.07, 6.45) is 1.46. The number of H-pyrrole nitrogens is 1. The lowest BCUT2D eigenvalue weighted by molar-refractivity contribution is -0.351. The van der Waals surface area contributed by atoms with Crippen LogP contribution in [0.5, 0.6) is 0 Å². The van der Waals surface area contributed by atoms with E-state index in [1.807, 2.05) is 56.3 Å². The number of nitrogens with one attached hydrogen (secondary N) is 1. The predicted molar refractivity (Wildman–Crippen MR) is 114 cm³/mol. The number of aryl methyl sites for hydroxylation is 2. The number of rotatable bonds is 4. The first-order chi connectivity index (χ1) is 15.0. The van der Waals surface area contributed by atoms with Gasteiger partial charge in [0.05, 0.1) is 12.1 Å². The van der Waals surface area contributed by atoms with Gasteiger partial charge in [0.15, 0.2) is 0 Å². The average Bonchev–Trinajstić information content (AvgIpc) is 3.36. The molecule has 0 aliphatic carbocycles. The van der Waals surface area contributed by atoms with E-state index in [2.05, 4.69) is 20.2 Å². The Morgan fingerprint density at radius 1 is 1.06 bits per heavy atom. The fourth-order valence-electron chi connectivity index (χ4n) is 3.79. The number of aromatic nitrogens is 6. The quantitative estimate of drug-likeness (QED) is 0.482. The zero-order chi connectivity index (χ0) is 21.5. The van der Waals surface area contributed by atoms with Gasteiger partial charge in [-0.1, -0.05) is 35.5 Å². The van der Waals surface area contributed by atoms with Crippen LogP contribution in [0.15, 0.2) is 64.1 Å². The summed E-state index contributed by atoms with van der Waals surface area (Å²) < 4.78 is 7.59. The van der Waals surface area contributed by atoms with E-state index in [0.29, 0.717) is 11.3 Å². The molecule has 5 aromatic rings. The topological polar surface area (TPSA) is 118 Å². The number of nitrogen functional groups attached to an aromatic ring is 1. The minimum atomic E-state index is -0.366. The Kier molecular flexibility index (Phi) is 4.36. The molecule has 31 heavy (non-hydrogen) atoms. The van der Waals surface area contributed by atoms with E-state index in [9.17, 15) is 4.79 Å². The summed E-state index contributed by atoms with van der Waals surface area (Å²) in [5.74, 6) is 0.191. The maximum Gasteiger partial charge on any atom is 0.411 e. The van der Waals surface area contributed by atoms with Gasteiger partial charge in [-0.3, -0.25) is 10.7 Å². The van der Waals surface area contributed by atoms with E-state index in [4.69, 9.17) is 10.3 Å². The molecule has 9 nitrogen and oxygen atoms in total. The van der Waals surface area contributed by atoms with Crippen LogP contribution in [-0.2, 0) is 6.54 Å². The Morgan fingerprint density at radius 3 is 2.48 bits per heavy atom. The van der Waals surface area contributed by atoms with Gasteiger partial charge in [0.25, 0.3) is 0 Å². The maximum absolute atomic E-state index is 13.1. The SMILES string of the molecule is Cc1cc(-c2c(-c3ccccc3)[nH+]c(N)n3c(=O)n(Cc4ccon4)nc23)cc(C)n1. The van der Waals surface area contributed by atoms with E-state index in [1.54, 1.807) is 6.07 Å². The summed E-state index contributed by atoms with van der Waals surface area (Å²) in [7, 11) is 0. The number of aromatic amines is 1. The molecule has 0 atom stereocenters. The molecule has 0 radical (unpaired) electrons. The first-order valence-corrected chi connectivity index (χ1v) is 9.76. The molecule has 0 amide bonds. The highest BCUT2D eigenvalue weighted by Gasteiger charge is 2.26. The van der Waals surface area contributed by atoms with Gasteiger partial charge in [-0.2, -0.15) is 4.68 Å². The molecule has 4 aromatic heterocycles. The van der Waals surface area contributed by atoms with Crippen LogP contribution in [0.4, 0.5) is 5.95 Å². The molecule has 0 unspecified atom stereocenters. The molecule has 0 saturated heterocycles. The molecular formula is C22H20N7O2+. The molecule has 5 rings (SSSR count). The predicted octanol–water partition coefficient (Wildman–Crippen LogP) is 2.27. The van der Waals surface area contributed by atoms with Crippen molar-refractivity contribution in [2.45, 2.75) is 20.4 Å². The minimum absolute atomic E-state index is 0.172. The minimum Gasteiger partial charge on any atom is -0.364 e. The van der Waals surface area contributed by atoms with Crippen molar-refractivity contribution in [3.63, 3.8) is 0 Å². The highest BCUT2D eigenvalue weighted by molar-refractivity contribution is 5.88. The van der Waals surface area contributed by atoms with Crippen LogP contribution >= 0.6 is 0 Å². The lowest BCUT2D eigenvalue weighted by atomic mass is 9.99. The van der Waals surface area contributed by atoms with Crippen molar-refractivity contribution < 1.29 is 9.51 Å². The van der Waals surface area contributed by atoms with Crippen LogP contribution < -0.4 is 16.4 Å². The van der Waals surface area contributed by atoms with Crippen molar-refractivity contribution in [1.29, 1.82) is 0 Å². The summed E-state index contributed by atoms with van der Waals surface area (Å²) in [5.41, 5.74) is 12.1. The van der Waals surface area contributed by atoms with Gasteiger partial charge in [0.1, 0.15) is 17.7 Å². The van der Waals surface area contributed by atoms with Gasteiger partial charge in [0, 0.05) is 23.0 Å². The molecule has 0 spiro atoms. The van der Waals surface area contributed by atoms with E-state index < -0.39 is 0 Å². The van der Waals surface area contributed by atoms with Gasteiger partial charge >= 0.3 is 11.6 Å². The molecule has 0 aliphatic rings. The van der Waals surface area contributed by atoms with Crippen molar-refractivity contribution in [3.8, 4) is 22.4 Å². The molecule has 0 aliphatic heterocycles. The van der Waals surface area contributed by atoms with Gasteiger partial charge < -0.3 is 4.52 Å². The highest BCUT2D eigenvalue weighted by atomic mass is 16.5. The van der Waals surface area contributed by atoms with E-state index in [0.717, 1.165) is 33.8 Å². The van der Waals surface area contributed by atoms with Gasteiger partial charge in [-0.25, -0.2) is 9.78 Å². The van der Waals surface area contributed by atoms with E-state index in [1.165, 1.54) is 15.3 Å². The number of pyridine rings is 1. The Labute approximate surface area is 176 Å². The number of fused-ring (bicyclic) bond motifs is 1. The van der Waals surface area contributed by atoms with Crippen molar-refractivity contribution in [2.24, 2.45) is 0 Å². The molecule has 9 heteroatoms. The zero-order valence-electron chi connectivity index (χ0n) is 17.0. The van der Waals surface area contributed by atoms with Crippen molar-refractivity contribution in [2.75, 3.05) is 5.73 Å². The molecule has 0 fully saturated rings. The van der Waals surface area contributed by atoms with Crippen LogP contribution in [0, 0.1) is 13.8 Å². The van der Waals surface area contributed by atoms with Crippen molar-refractivity contribution >= 4 is 11.6 Å². The summed E-state index contributed by atoms with van der Waals surface area (Å²) in [6, 6.07) is 15.4. The fraction of sp³-hybridized carbons (Fsp3) is 0.136. The zero-order valence-corrected chi connectivity index (χ0v) is 17.0. The lowest BCUT2D eigenvalue weighted by Gasteiger charge is -2.10. The number of benzene rings is 1. The van der Waals surface area contributed by atoms with Gasteiger partial charge in [-0.05, 0) is 31.5 Å². The average molecular weight is 414 g/mol. The first-order valence-electron chi connectivity index (χ1n) is 9.76. The van der Waals surface area contributed by atoms with E-state index >= 15 is 0 Å². The van der Waals surface area contributed by atoms with Crippen LogP contribution in [-0.4, -0.2) is 24.3 Å². The summed E-state index contributed by atoms with van der Waals surface area (Å²) in [6.45, 7) is 4.05. The summed E-state index contributed by atoms with van der Waals surface area (Å²) >= 11 is 0. The van der Waals surface area contributed by atoms with Crippen LogP contribution in [0.25, 0.3) is 28.0 Å². The van der Waals surface area contributed by atoms with Crippen LogP contribution in [0.3, 0.4) is 0 Å². The Morgan fingerprint density at radius 2 is 1.81 bits per heavy atom. The van der Waals surface area contributed by atoms with Gasteiger partial charge in [-0.15, -0.1) is 9.50 Å². The largest absolute Gasteiger partial charge is 0.411 e. The molecule has 3 N–H and O–H groups in total. The fourth-order valence-corrected chi connectivity index (χ4v) is 3.79. The molecule has 0 saturated carbocycles. The number of nitrogens with zero attached hydrogens (tertiary/aromatic N) is 5.